The SMILES string of the molecule is Cc1ccc(CC(=O)CC2CCCCO2)cc1C. The second-order valence-corrected chi connectivity index (χ2v) is 5.33. The van der Waals surface area contributed by atoms with Crippen molar-refractivity contribution in [1.82, 2.24) is 0 Å². The minimum absolute atomic E-state index is 0.165. The van der Waals surface area contributed by atoms with Gasteiger partial charge < -0.3 is 4.74 Å². The van der Waals surface area contributed by atoms with Gasteiger partial charge >= 0.3 is 0 Å². The van der Waals surface area contributed by atoms with Crippen LogP contribution in [0.5, 0.6) is 0 Å². The van der Waals surface area contributed by atoms with Crippen LogP contribution in [-0.4, -0.2) is 18.5 Å². The maximum Gasteiger partial charge on any atom is 0.139 e. The fourth-order valence-corrected chi connectivity index (χ4v) is 2.44. The topological polar surface area (TPSA) is 26.3 Å². The number of benzene rings is 1. The average molecular weight is 246 g/mol. The molecule has 1 aromatic rings. The minimum atomic E-state index is 0.165. The molecule has 1 fully saturated rings. The molecule has 2 rings (SSSR count). The van der Waals surface area contributed by atoms with Crippen molar-refractivity contribution >= 4 is 5.78 Å². The Balaban J connectivity index is 1.88. The zero-order valence-electron chi connectivity index (χ0n) is 11.4. The van der Waals surface area contributed by atoms with Gasteiger partial charge in [-0.05, 0) is 49.8 Å². The molecule has 1 aliphatic heterocycles. The van der Waals surface area contributed by atoms with E-state index >= 15 is 0 Å². The van der Waals surface area contributed by atoms with Crippen LogP contribution in [0.2, 0.25) is 0 Å². The highest BCUT2D eigenvalue weighted by Crippen LogP contribution is 2.17. The van der Waals surface area contributed by atoms with E-state index in [2.05, 4.69) is 32.0 Å². The number of hydrogen-bond donors (Lipinski definition) is 0. The summed E-state index contributed by atoms with van der Waals surface area (Å²) in [5.74, 6) is 0.296. The number of ether oxygens (including phenoxy) is 1. The molecule has 0 aromatic heterocycles. The van der Waals surface area contributed by atoms with Crippen molar-refractivity contribution in [2.75, 3.05) is 6.61 Å². The van der Waals surface area contributed by atoms with Crippen molar-refractivity contribution in [3.05, 3.63) is 34.9 Å². The number of Topliss-reactive ketones (excluding diaryl/α,β-unsaturated/α-hetero) is 1. The predicted molar refractivity (Wildman–Crippen MR) is 72.8 cm³/mol. The predicted octanol–water partition coefficient (Wildman–Crippen LogP) is 3.37. The van der Waals surface area contributed by atoms with Crippen molar-refractivity contribution in [3.63, 3.8) is 0 Å². The number of rotatable bonds is 4. The van der Waals surface area contributed by atoms with E-state index < -0.39 is 0 Å². The standard InChI is InChI=1S/C16H22O2/c1-12-6-7-14(9-13(12)2)10-15(17)11-16-5-3-4-8-18-16/h6-7,9,16H,3-5,8,10-11H2,1-2H3. The quantitative estimate of drug-likeness (QED) is 0.814. The van der Waals surface area contributed by atoms with Gasteiger partial charge in [0.15, 0.2) is 0 Å². The zero-order valence-corrected chi connectivity index (χ0v) is 11.4. The van der Waals surface area contributed by atoms with Crippen LogP contribution < -0.4 is 0 Å². The normalized spacial score (nSPS) is 19.8. The molecule has 1 atom stereocenters. The Morgan fingerprint density at radius 1 is 1.28 bits per heavy atom. The highest BCUT2D eigenvalue weighted by atomic mass is 16.5. The molecule has 0 bridgehead atoms. The maximum atomic E-state index is 12.0. The van der Waals surface area contributed by atoms with Crippen LogP contribution >= 0.6 is 0 Å². The molecule has 0 N–H and O–H groups in total. The smallest absolute Gasteiger partial charge is 0.139 e. The van der Waals surface area contributed by atoms with E-state index in [1.54, 1.807) is 0 Å². The molecule has 2 heteroatoms. The molecule has 1 aromatic carbocycles. The highest BCUT2D eigenvalue weighted by Gasteiger charge is 2.17. The summed E-state index contributed by atoms with van der Waals surface area (Å²) in [7, 11) is 0. The number of carbonyl (C=O) groups excluding carboxylic acids is 1. The first-order chi connectivity index (χ1) is 8.65. The van der Waals surface area contributed by atoms with E-state index in [0.717, 1.165) is 25.0 Å². The molecule has 18 heavy (non-hydrogen) atoms. The van der Waals surface area contributed by atoms with Crippen molar-refractivity contribution in [1.29, 1.82) is 0 Å². The monoisotopic (exact) mass is 246 g/mol. The zero-order chi connectivity index (χ0) is 13.0. The largest absolute Gasteiger partial charge is 0.378 e. The molecule has 0 aliphatic carbocycles. The van der Waals surface area contributed by atoms with E-state index in [1.807, 2.05) is 0 Å². The summed E-state index contributed by atoms with van der Waals surface area (Å²) in [5, 5.41) is 0. The summed E-state index contributed by atoms with van der Waals surface area (Å²) in [4.78, 5) is 12.0. The van der Waals surface area contributed by atoms with Gasteiger partial charge in [0.25, 0.3) is 0 Å². The van der Waals surface area contributed by atoms with Crippen LogP contribution in [0.1, 0.15) is 42.4 Å². The first kappa shape index (κ1) is 13.3. The van der Waals surface area contributed by atoms with Crippen LogP contribution in [0.3, 0.4) is 0 Å². The Morgan fingerprint density at radius 3 is 2.78 bits per heavy atom. The average Bonchev–Trinajstić information content (AvgIpc) is 2.35. The van der Waals surface area contributed by atoms with Crippen molar-refractivity contribution in [2.24, 2.45) is 0 Å². The molecular formula is C16H22O2. The lowest BCUT2D eigenvalue weighted by molar-refractivity contribution is -0.122. The minimum Gasteiger partial charge on any atom is -0.378 e. The summed E-state index contributed by atoms with van der Waals surface area (Å²) in [5.41, 5.74) is 3.66. The third-order valence-electron chi connectivity index (χ3n) is 3.70. The van der Waals surface area contributed by atoms with Gasteiger partial charge in [0, 0.05) is 19.4 Å². The van der Waals surface area contributed by atoms with Gasteiger partial charge in [-0.25, -0.2) is 0 Å². The number of carbonyl (C=O) groups is 1. The van der Waals surface area contributed by atoms with Gasteiger partial charge in [0.1, 0.15) is 5.78 Å². The second kappa shape index (κ2) is 6.14. The first-order valence-electron chi connectivity index (χ1n) is 6.84. The molecular weight excluding hydrogens is 224 g/mol. The highest BCUT2D eigenvalue weighted by molar-refractivity contribution is 5.81. The Morgan fingerprint density at radius 2 is 2.11 bits per heavy atom. The number of hydrogen-bond acceptors (Lipinski definition) is 2. The van der Waals surface area contributed by atoms with Crippen LogP contribution in [0.15, 0.2) is 18.2 Å². The van der Waals surface area contributed by atoms with Crippen LogP contribution in [-0.2, 0) is 16.0 Å². The molecule has 0 spiro atoms. The van der Waals surface area contributed by atoms with E-state index in [4.69, 9.17) is 4.74 Å². The fourth-order valence-electron chi connectivity index (χ4n) is 2.44. The molecule has 1 aliphatic rings. The summed E-state index contributed by atoms with van der Waals surface area (Å²) in [6, 6.07) is 6.27. The van der Waals surface area contributed by atoms with Gasteiger partial charge in [0.2, 0.25) is 0 Å². The molecule has 2 nitrogen and oxygen atoms in total. The van der Waals surface area contributed by atoms with Gasteiger partial charge in [0.05, 0.1) is 6.10 Å². The van der Waals surface area contributed by atoms with Crippen molar-refractivity contribution in [2.45, 2.75) is 52.1 Å². The Kier molecular flexibility index (Phi) is 4.54. The van der Waals surface area contributed by atoms with Gasteiger partial charge in [-0.2, -0.15) is 0 Å². The number of ketones is 1. The maximum absolute atomic E-state index is 12.0. The second-order valence-electron chi connectivity index (χ2n) is 5.33. The third kappa shape index (κ3) is 3.67. The molecule has 1 unspecified atom stereocenters. The summed E-state index contributed by atoms with van der Waals surface area (Å²) in [6.07, 6.45) is 4.66. The third-order valence-corrected chi connectivity index (χ3v) is 3.70. The Bertz CT molecular complexity index is 417. The molecule has 0 saturated carbocycles. The Hall–Kier alpha value is -1.15. The lowest BCUT2D eigenvalue weighted by atomic mass is 9.98. The summed E-state index contributed by atoms with van der Waals surface area (Å²) in [6.45, 7) is 5.01. The Labute approximate surface area is 109 Å². The molecule has 98 valence electrons. The molecule has 1 saturated heterocycles. The lowest BCUT2D eigenvalue weighted by Gasteiger charge is -2.21. The number of aryl methyl sites for hydroxylation is 2. The molecule has 1 heterocycles. The summed E-state index contributed by atoms with van der Waals surface area (Å²) >= 11 is 0. The lowest BCUT2D eigenvalue weighted by Crippen LogP contribution is -2.23. The van der Waals surface area contributed by atoms with E-state index in [-0.39, 0.29) is 6.10 Å². The van der Waals surface area contributed by atoms with Crippen molar-refractivity contribution < 1.29 is 9.53 Å². The van der Waals surface area contributed by atoms with Crippen LogP contribution in [0.25, 0.3) is 0 Å². The van der Waals surface area contributed by atoms with Crippen molar-refractivity contribution in [3.8, 4) is 0 Å². The van der Waals surface area contributed by atoms with Gasteiger partial charge in [-0.1, -0.05) is 18.2 Å². The van der Waals surface area contributed by atoms with Crippen LogP contribution in [0, 0.1) is 13.8 Å². The molecule has 0 amide bonds. The summed E-state index contributed by atoms with van der Waals surface area (Å²) < 4.78 is 5.61. The van der Waals surface area contributed by atoms with Crippen LogP contribution in [0.4, 0.5) is 0 Å². The van der Waals surface area contributed by atoms with Gasteiger partial charge in [-0.3, -0.25) is 4.79 Å². The first-order valence-corrected chi connectivity index (χ1v) is 6.84. The van der Waals surface area contributed by atoms with Gasteiger partial charge in [-0.15, -0.1) is 0 Å². The van der Waals surface area contributed by atoms with E-state index in [9.17, 15) is 4.79 Å². The molecule has 0 radical (unpaired) electrons. The van der Waals surface area contributed by atoms with E-state index in [0.29, 0.717) is 18.6 Å². The fraction of sp³-hybridized carbons (Fsp3) is 0.562. The van der Waals surface area contributed by atoms with E-state index in [1.165, 1.54) is 17.5 Å².